The van der Waals surface area contributed by atoms with Crippen LogP contribution in [0, 0.1) is 5.82 Å². The van der Waals surface area contributed by atoms with Crippen LogP contribution in [0.5, 0.6) is 0 Å². The maximum absolute atomic E-state index is 13.4. The van der Waals surface area contributed by atoms with E-state index >= 15 is 0 Å². The van der Waals surface area contributed by atoms with Gasteiger partial charge in [-0.25, -0.2) is 4.39 Å². The van der Waals surface area contributed by atoms with Gasteiger partial charge in [0.15, 0.2) is 0 Å². The van der Waals surface area contributed by atoms with E-state index < -0.39 is 5.82 Å². The Labute approximate surface area is 173 Å². The first-order chi connectivity index (χ1) is 13.9. The minimum Gasteiger partial charge on any atom is -0.337 e. The second-order valence-corrected chi connectivity index (χ2v) is 7.96. The molecule has 5 nitrogen and oxygen atoms in total. The molecule has 29 heavy (non-hydrogen) atoms. The van der Waals surface area contributed by atoms with Crippen LogP contribution in [0.3, 0.4) is 0 Å². The first-order valence-corrected chi connectivity index (χ1v) is 9.97. The van der Waals surface area contributed by atoms with Gasteiger partial charge >= 0.3 is 0 Å². The lowest BCUT2D eigenvalue weighted by molar-refractivity contribution is -0.129. The first-order valence-electron chi connectivity index (χ1n) is 9.59. The zero-order chi connectivity index (χ0) is 20.5. The molecule has 7 heteroatoms. The number of hydrogen-bond acceptors (Lipinski definition) is 4. The molecular weight excluding hydrogens is 393 g/mol. The molecule has 1 aliphatic rings. The number of aromatic nitrogens is 2. The van der Waals surface area contributed by atoms with Crippen LogP contribution >= 0.6 is 11.6 Å². The fourth-order valence-electron chi connectivity index (χ4n) is 3.52. The minimum absolute atomic E-state index is 0.00337. The summed E-state index contributed by atoms with van der Waals surface area (Å²) in [7, 11) is 0. The molecule has 1 atom stereocenters. The van der Waals surface area contributed by atoms with Gasteiger partial charge in [0, 0.05) is 18.5 Å². The summed E-state index contributed by atoms with van der Waals surface area (Å²) in [6.07, 6.45) is 1.06. The molecule has 1 aromatic heterocycles. The van der Waals surface area contributed by atoms with Crippen molar-refractivity contribution in [1.29, 1.82) is 0 Å². The Morgan fingerprint density at radius 1 is 1.24 bits per heavy atom. The summed E-state index contributed by atoms with van der Waals surface area (Å²) in [6.45, 7) is 4.79. The third-order valence-electron chi connectivity index (χ3n) is 5.23. The first kappa shape index (κ1) is 19.6. The number of nitrogens with zero attached hydrogens (tertiary/aromatic N) is 3. The van der Waals surface area contributed by atoms with Crippen molar-refractivity contribution in [2.75, 3.05) is 0 Å². The molecule has 3 aromatic rings. The number of amides is 1. The number of halogens is 2. The van der Waals surface area contributed by atoms with Gasteiger partial charge in [0.1, 0.15) is 11.9 Å². The van der Waals surface area contributed by atoms with Crippen LogP contribution in [-0.4, -0.2) is 20.9 Å². The normalized spacial score (nSPS) is 16.8. The van der Waals surface area contributed by atoms with Crippen molar-refractivity contribution >= 4 is 17.5 Å². The molecule has 1 saturated heterocycles. The van der Waals surface area contributed by atoms with E-state index in [0.717, 1.165) is 5.56 Å². The third-order valence-corrected chi connectivity index (χ3v) is 5.52. The van der Waals surface area contributed by atoms with Crippen LogP contribution in [0.4, 0.5) is 4.39 Å². The smallest absolute Gasteiger partial charge is 0.249 e. The van der Waals surface area contributed by atoms with Crippen molar-refractivity contribution in [3.8, 4) is 11.4 Å². The van der Waals surface area contributed by atoms with E-state index in [1.165, 1.54) is 17.7 Å². The maximum Gasteiger partial charge on any atom is 0.249 e. The van der Waals surface area contributed by atoms with E-state index in [-0.39, 0.29) is 17.0 Å². The SMILES string of the molecule is CC(C)c1ccc(CN2C(=O)CCC2c2nc(-c3ccc(F)c(Cl)c3)no2)cc1. The van der Waals surface area contributed by atoms with Gasteiger partial charge in [0.2, 0.25) is 17.6 Å². The molecule has 1 aliphatic heterocycles. The summed E-state index contributed by atoms with van der Waals surface area (Å²) in [6, 6.07) is 12.3. The average Bonchev–Trinajstić information content (AvgIpc) is 3.32. The van der Waals surface area contributed by atoms with Gasteiger partial charge in [-0.3, -0.25) is 4.79 Å². The molecule has 2 heterocycles. The Hall–Kier alpha value is -2.73. The molecule has 0 saturated carbocycles. The number of carbonyl (C=O) groups is 1. The van der Waals surface area contributed by atoms with Crippen molar-refractivity contribution < 1.29 is 13.7 Å². The molecule has 2 aromatic carbocycles. The van der Waals surface area contributed by atoms with Crippen molar-refractivity contribution in [2.45, 2.75) is 45.2 Å². The molecule has 1 unspecified atom stereocenters. The Morgan fingerprint density at radius 2 is 2.00 bits per heavy atom. The Kier molecular flexibility index (Phi) is 5.37. The highest BCUT2D eigenvalue weighted by atomic mass is 35.5. The van der Waals surface area contributed by atoms with Crippen LogP contribution in [0.2, 0.25) is 5.02 Å². The highest BCUT2D eigenvalue weighted by Gasteiger charge is 2.36. The summed E-state index contributed by atoms with van der Waals surface area (Å²) in [4.78, 5) is 18.7. The number of rotatable bonds is 5. The van der Waals surface area contributed by atoms with Gasteiger partial charge in [-0.2, -0.15) is 4.98 Å². The maximum atomic E-state index is 13.4. The number of hydrogen-bond donors (Lipinski definition) is 0. The summed E-state index contributed by atoms with van der Waals surface area (Å²) < 4.78 is 18.8. The fourth-order valence-corrected chi connectivity index (χ4v) is 3.70. The Balaban J connectivity index is 1.55. The van der Waals surface area contributed by atoms with Crippen molar-refractivity contribution in [1.82, 2.24) is 15.0 Å². The standard InChI is InChI=1S/C22H21ClFN3O2/c1-13(2)15-5-3-14(4-6-15)12-27-19(9-10-20(27)28)22-25-21(26-29-22)16-7-8-18(24)17(23)11-16/h3-8,11,13,19H,9-10,12H2,1-2H3. The van der Waals surface area contributed by atoms with E-state index in [9.17, 15) is 9.18 Å². The molecule has 1 amide bonds. The highest BCUT2D eigenvalue weighted by molar-refractivity contribution is 6.31. The number of carbonyl (C=O) groups excluding carboxylic acids is 1. The second-order valence-electron chi connectivity index (χ2n) is 7.56. The number of likely N-dealkylation sites (tertiary alicyclic amines) is 1. The minimum atomic E-state index is -0.504. The molecule has 1 fully saturated rings. The van der Waals surface area contributed by atoms with Crippen LogP contribution < -0.4 is 0 Å². The Morgan fingerprint density at radius 3 is 2.69 bits per heavy atom. The van der Waals surface area contributed by atoms with Gasteiger partial charge in [0.25, 0.3) is 0 Å². The van der Waals surface area contributed by atoms with E-state index in [1.807, 2.05) is 0 Å². The van der Waals surface area contributed by atoms with E-state index in [2.05, 4.69) is 48.3 Å². The molecular formula is C22H21ClFN3O2. The summed E-state index contributed by atoms with van der Waals surface area (Å²) >= 11 is 5.85. The van der Waals surface area contributed by atoms with Crippen LogP contribution in [0.15, 0.2) is 47.0 Å². The summed E-state index contributed by atoms with van der Waals surface area (Å²) in [5, 5.41) is 3.99. The van der Waals surface area contributed by atoms with E-state index in [1.54, 1.807) is 11.0 Å². The summed E-state index contributed by atoms with van der Waals surface area (Å²) in [5.41, 5.74) is 2.88. The van der Waals surface area contributed by atoms with E-state index in [4.69, 9.17) is 16.1 Å². The predicted molar refractivity (Wildman–Crippen MR) is 108 cm³/mol. The molecule has 0 spiro atoms. The lowest BCUT2D eigenvalue weighted by Crippen LogP contribution is -2.27. The largest absolute Gasteiger partial charge is 0.337 e. The second kappa shape index (κ2) is 7.95. The lowest BCUT2D eigenvalue weighted by atomic mass is 10.0. The predicted octanol–water partition coefficient (Wildman–Crippen LogP) is 5.52. The zero-order valence-electron chi connectivity index (χ0n) is 16.2. The van der Waals surface area contributed by atoms with Crippen molar-refractivity contribution in [3.63, 3.8) is 0 Å². The monoisotopic (exact) mass is 413 g/mol. The topological polar surface area (TPSA) is 59.2 Å². The van der Waals surface area contributed by atoms with Crippen molar-refractivity contribution in [2.24, 2.45) is 0 Å². The molecule has 0 N–H and O–H groups in total. The van der Waals surface area contributed by atoms with Gasteiger partial charge in [-0.05, 0) is 41.7 Å². The molecule has 0 aliphatic carbocycles. The molecule has 0 radical (unpaired) electrons. The summed E-state index contributed by atoms with van der Waals surface area (Å²) in [5.74, 6) is 0.720. The van der Waals surface area contributed by atoms with Crippen molar-refractivity contribution in [3.05, 3.63) is 70.3 Å². The fraction of sp³-hybridized carbons (Fsp3) is 0.318. The quantitative estimate of drug-likeness (QED) is 0.552. The van der Waals surface area contributed by atoms with E-state index in [0.29, 0.717) is 42.6 Å². The van der Waals surface area contributed by atoms with Gasteiger partial charge in [-0.15, -0.1) is 0 Å². The van der Waals surface area contributed by atoms with Crippen LogP contribution in [0.25, 0.3) is 11.4 Å². The lowest BCUT2D eigenvalue weighted by Gasteiger charge is -2.22. The van der Waals surface area contributed by atoms with Gasteiger partial charge in [0.05, 0.1) is 5.02 Å². The number of benzene rings is 2. The van der Waals surface area contributed by atoms with Crippen LogP contribution in [0.1, 0.15) is 55.7 Å². The highest BCUT2D eigenvalue weighted by Crippen LogP contribution is 2.34. The molecule has 0 bridgehead atoms. The van der Waals surface area contributed by atoms with Gasteiger partial charge in [-0.1, -0.05) is 54.9 Å². The molecule has 4 rings (SSSR count). The zero-order valence-corrected chi connectivity index (χ0v) is 17.0. The third kappa shape index (κ3) is 4.03. The van der Waals surface area contributed by atoms with Crippen LogP contribution in [-0.2, 0) is 11.3 Å². The van der Waals surface area contributed by atoms with Gasteiger partial charge < -0.3 is 9.42 Å². The average molecular weight is 414 g/mol. The molecule has 150 valence electrons. The Bertz CT molecular complexity index is 1030.